The summed E-state index contributed by atoms with van der Waals surface area (Å²) in [6.45, 7) is 0. The molecule has 0 aromatic heterocycles. The lowest BCUT2D eigenvalue weighted by Gasteiger charge is -2.24. The molecule has 0 unspecified atom stereocenters. The van der Waals surface area contributed by atoms with E-state index in [-0.39, 0.29) is 0 Å². The van der Waals surface area contributed by atoms with Gasteiger partial charge in [-0.1, -0.05) is 5.57 Å². The van der Waals surface area contributed by atoms with Gasteiger partial charge in [0.05, 0.1) is 12.0 Å². The summed E-state index contributed by atoms with van der Waals surface area (Å²) < 4.78 is 4.30. The van der Waals surface area contributed by atoms with E-state index in [2.05, 4.69) is 38.6 Å². The summed E-state index contributed by atoms with van der Waals surface area (Å²) in [6.07, 6.45) is 3.53. The number of rotatable bonds is 0. The first-order valence-electron chi connectivity index (χ1n) is 5.86. The minimum Gasteiger partial charge on any atom is -0.238 e. The molecule has 0 atom stereocenters. The monoisotopic (exact) mass is 214 g/mol. The van der Waals surface area contributed by atoms with E-state index >= 15 is 0 Å². The molecule has 3 aliphatic rings. The Kier molecular flexibility index (Phi) is 1.87. The molecule has 0 heterocycles. The minimum absolute atomic E-state index is 1.15. The Morgan fingerprint density at radius 3 is 2.31 bits per heavy atom. The second kappa shape index (κ2) is 3.05. The summed E-state index contributed by atoms with van der Waals surface area (Å²) in [5, 5.41) is 0. The molecule has 0 aromatic rings. The third-order valence-electron chi connectivity index (χ3n) is 3.71. The SMILES string of the molecule is C[N+](C)=C=C1CC2=C3CC(=[N+](C)C)C3=C1C2. The van der Waals surface area contributed by atoms with Crippen LogP contribution in [0.15, 0.2) is 27.9 Å². The van der Waals surface area contributed by atoms with Crippen molar-refractivity contribution in [3.63, 3.8) is 0 Å². The predicted octanol–water partition coefficient (Wildman–Crippen LogP) is 1.37. The normalized spacial score (nSPS) is 21.2. The van der Waals surface area contributed by atoms with Crippen LogP contribution in [0.1, 0.15) is 19.3 Å². The van der Waals surface area contributed by atoms with Gasteiger partial charge in [-0.15, -0.1) is 0 Å². The molecule has 2 heteroatoms. The molecule has 0 aliphatic heterocycles. The fourth-order valence-corrected chi connectivity index (χ4v) is 2.98. The smallest absolute Gasteiger partial charge is 0.187 e. The third kappa shape index (κ3) is 1.14. The van der Waals surface area contributed by atoms with E-state index in [9.17, 15) is 0 Å². The first-order valence-corrected chi connectivity index (χ1v) is 5.86. The molecule has 3 rings (SSSR count). The van der Waals surface area contributed by atoms with Crippen molar-refractivity contribution in [1.29, 1.82) is 0 Å². The van der Waals surface area contributed by atoms with Crippen LogP contribution in [-0.2, 0) is 0 Å². The van der Waals surface area contributed by atoms with Crippen molar-refractivity contribution in [2.45, 2.75) is 19.3 Å². The van der Waals surface area contributed by atoms with Gasteiger partial charge in [-0.2, -0.15) is 4.58 Å². The van der Waals surface area contributed by atoms with Gasteiger partial charge in [-0.05, 0) is 17.6 Å². The molecule has 0 saturated heterocycles. The van der Waals surface area contributed by atoms with Crippen LogP contribution < -0.4 is 0 Å². The molecule has 0 N–H and O–H groups in total. The van der Waals surface area contributed by atoms with Gasteiger partial charge in [0.25, 0.3) is 0 Å². The van der Waals surface area contributed by atoms with Crippen LogP contribution >= 0.6 is 0 Å². The van der Waals surface area contributed by atoms with Crippen molar-refractivity contribution in [3.8, 4) is 0 Å². The number of fused-ring (bicyclic) bond motifs is 3. The van der Waals surface area contributed by atoms with Crippen LogP contribution in [0.2, 0.25) is 0 Å². The quantitative estimate of drug-likeness (QED) is 0.424. The van der Waals surface area contributed by atoms with Gasteiger partial charge in [0.2, 0.25) is 0 Å². The summed E-state index contributed by atoms with van der Waals surface area (Å²) in [4.78, 5) is 0. The largest absolute Gasteiger partial charge is 0.238 e. The predicted molar refractivity (Wildman–Crippen MR) is 65.6 cm³/mol. The van der Waals surface area contributed by atoms with Gasteiger partial charge in [0.1, 0.15) is 28.2 Å². The molecule has 0 radical (unpaired) electrons. The van der Waals surface area contributed by atoms with E-state index in [1.54, 1.807) is 22.3 Å². The average molecular weight is 214 g/mol. The van der Waals surface area contributed by atoms with Gasteiger partial charge in [-0.25, -0.2) is 4.58 Å². The van der Waals surface area contributed by atoms with Crippen LogP contribution in [0.5, 0.6) is 0 Å². The first-order chi connectivity index (χ1) is 7.58. The maximum absolute atomic E-state index is 3.44. The summed E-state index contributed by atoms with van der Waals surface area (Å²) in [5.74, 6) is 3.44. The van der Waals surface area contributed by atoms with E-state index < -0.39 is 0 Å². The average Bonchev–Trinajstić information content (AvgIpc) is 2.54. The van der Waals surface area contributed by atoms with Crippen LogP contribution in [0.3, 0.4) is 0 Å². The summed E-state index contributed by atoms with van der Waals surface area (Å²) >= 11 is 0. The van der Waals surface area contributed by atoms with Crippen molar-refractivity contribution in [2.24, 2.45) is 0 Å². The van der Waals surface area contributed by atoms with E-state index in [4.69, 9.17) is 0 Å². The fourth-order valence-electron chi connectivity index (χ4n) is 2.98. The zero-order valence-electron chi connectivity index (χ0n) is 10.5. The Morgan fingerprint density at radius 2 is 1.69 bits per heavy atom. The van der Waals surface area contributed by atoms with Crippen molar-refractivity contribution < 1.29 is 9.15 Å². The number of hydrogen-bond acceptors (Lipinski definition) is 0. The van der Waals surface area contributed by atoms with E-state index in [0.717, 1.165) is 6.42 Å². The highest BCUT2D eigenvalue weighted by molar-refractivity contribution is 6.14. The molecular formula is C14H18N2+2. The van der Waals surface area contributed by atoms with Crippen LogP contribution in [0, 0.1) is 0 Å². The second-order valence-electron chi connectivity index (χ2n) is 5.29. The molecule has 2 saturated carbocycles. The molecule has 0 amide bonds. The Balaban J connectivity index is 2.17. The van der Waals surface area contributed by atoms with Gasteiger partial charge in [0.15, 0.2) is 11.6 Å². The van der Waals surface area contributed by atoms with Crippen molar-refractivity contribution in [2.75, 3.05) is 28.2 Å². The zero-order chi connectivity index (χ0) is 11.4. The number of nitrogens with zero attached hydrogens (tertiary/aromatic N) is 2. The van der Waals surface area contributed by atoms with E-state index in [1.807, 2.05) is 4.58 Å². The molecule has 0 aromatic carbocycles. The van der Waals surface area contributed by atoms with Gasteiger partial charge >= 0.3 is 0 Å². The van der Waals surface area contributed by atoms with Crippen molar-refractivity contribution in [1.82, 2.24) is 0 Å². The fraction of sp³-hybridized carbons (Fsp3) is 0.500. The van der Waals surface area contributed by atoms with Gasteiger partial charge in [-0.3, -0.25) is 0 Å². The molecule has 0 spiro atoms. The molecule has 2 bridgehead atoms. The van der Waals surface area contributed by atoms with Crippen molar-refractivity contribution >= 4 is 11.6 Å². The van der Waals surface area contributed by atoms with Crippen molar-refractivity contribution in [3.05, 3.63) is 27.9 Å². The molecule has 3 aliphatic carbocycles. The third-order valence-corrected chi connectivity index (χ3v) is 3.71. The Hall–Kier alpha value is -1.40. The summed E-state index contributed by atoms with van der Waals surface area (Å²) in [6, 6.07) is 0. The maximum atomic E-state index is 3.44. The van der Waals surface area contributed by atoms with Gasteiger partial charge in [0, 0.05) is 12.0 Å². The Labute approximate surface area is 96.6 Å². The number of allylic oxidation sites excluding steroid dienone is 5. The molecule has 82 valence electrons. The molecule has 2 nitrogen and oxygen atoms in total. The lowest BCUT2D eigenvalue weighted by molar-refractivity contribution is -0.465. The zero-order valence-corrected chi connectivity index (χ0v) is 10.5. The lowest BCUT2D eigenvalue weighted by atomic mass is 9.78. The highest BCUT2D eigenvalue weighted by atomic mass is 14.9. The molecular weight excluding hydrogens is 196 g/mol. The second-order valence-corrected chi connectivity index (χ2v) is 5.29. The molecule has 2 fully saturated rings. The van der Waals surface area contributed by atoms with Crippen LogP contribution in [0.25, 0.3) is 0 Å². The highest BCUT2D eigenvalue weighted by Gasteiger charge is 2.45. The minimum atomic E-state index is 1.15. The Morgan fingerprint density at radius 1 is 0.938 bits per heavy atom. The highest BCUT2D eigenvalue weighted by Crippen LogP contribution is 2.53. The number of hydrogen-bond donors (Lipinski definition) is 0. The topological polar surface area (TPSA) is 6.02 Å². The maximum Gasteiger partial charge on any atom is 0.187 e. The lowest BCUT2D eigenvalue weighted by Crippen LogP contribution is -2.28. The van der Waals surface area contributed by atoms with Crippen LogP contribution in [0.4, 0.5) is 0 Å². The molecule has 16 heavy (non-hydrogen) atoms. The van der Waals surface area contributed by atoms with E-state index in [1.165, 1.54) is 24.1 Å². The van der Waals surface area contributed by atoms with E-state index in [0.29, 0.717) is 0 Å². The van der Waals surface area contributed by atoms with Gasteiger partial charge < -0.3 is 0 Å². The Bertz CT molecular complexity index is 554. The standard InChI is InChI=1S/C14H18N2/c1-15(2)8-10-5-9-6-11(10)14-12(9)7-13(14)16(3)4/h5-7H2,1-4H3/q+2. The van der Waals surface area contributed by atoms with Crippen LogP contribution in [-0.4, -0.2) is 48.9 Å². The first kappa shape index (κ1) is 9.80. The summed E-state index contributed by atoms with van der Waals surface area (Å²) in [7, 11) is 8.40. The summed E-state index contributed by atoms with van der Waals surface area (Å²) in [5.41, 5.74) is 9.32.